The molecule has 0 fully saturated rings. The molecule has 0 saturated carbocycles. The summed E-state index contributed by atoms with van der Waals surface area (Å²) in [6, 6.07) is 6.26. The van der Waals surface area contributed by atoms with Crippen molar-refractivity contribution in [3.63, 3.8) is 0 Å². The molecule has 0 spiro atoms. The van der Waals surface area contributed by atoms with E-state index in [1.807, 2.05) is 0 Å². The van der Waals surface area contributed by atoms with Crippen LogP contribution in [-0.2, 0) is 12.7 Å². The summed E-state index contributed by atoms with van der Waals surface area (Å²) in [5.74, 6) is 0.913. The first kappa shape index (κ1) is 14.3. The number of halogens is 3. The van der Waals surface area contributed by atoms with Crippen molar-refractivity contribution in [3.8, 4) is 11.5 Å². The van der Waals surface area contributed by atoms with E-state index in [1.165, 1.54) is 12.1 Å². The van der Waals surface area contributed by atoms with Crippen LogP contribution in [0.2, 0.25) is 0 Å². The zero-order valence-corrected chi connectivity index (χ0v) is 10.7. The maximum Gasteiger partial charge on any atom is 0.416 e. The van der Waals surface area contributed by atoms with Gasteiger partial charge in [-0.05, 0) is 37.4 Å². The Morgan fingerprint density at radius 3 is 2.45 bits per heavy atom. The lowest BCUT2D eigenvalue weighted by atomic mass is 10.2. The quantitative estimate of drug-likeness (QED) is 0.930. The van der Waals surface area contributed by atoms with Gasteiger partial charge in [-0.15, -0.1) is 0 Å². The maximum absolute atomic E-state index is 12.5. The average molecular weight is 282 g/mol. The van der Waals surface area contributed by atoms with Gasteiger partial charge in [-0.2, -0.15) is 13.2 Å². The van der Waals surface area contributed by atoms with Gasteiger partial charge in [0.15, 0.2) is 0 Å². The molecule has 1 aromatic heterocycles. The maximum atomic E-state index is 12.5. The van der Waals surface area contributed by atoms with Crippen LogP contribution in [0.15, 0.2) is 42.7 Å². The molecule has 20 heavy (non-hydrogen) atoms. The minimum Gasteiger partial charge on any atom is -0.457 e. The molecule has 0 unspecified atom stereocenters. The number of nitrogens with zero attached hydrogens (tertiary/aromatic N) is 1. The van der Waals surface area contributed by atoms with Crippen LogP contribution >= 0.6 is 0 Å². The van der Waals surface area contributed by atoms with E-state index in [9.17, 15) is 13.2 Å². The molecule has 1 aromatic carbocycles. The predicted molar refractivity (Wildman–Crippen MR) is 68.5 cm³/mol. The highest BCUT2D eigenvalue weighted by atomic mass is 19.4. The molecular formula is C14H13F3N2O. The van der Waals surface area contributed by atoms with Crippen LogP contribution in [0.3, 0.4) is 0 Å². The number of benzene rings is 1. The van der Waals surface area contributed by atoms with Crippen LogP contribution in [0.25, 0.3) is 0 Å². The van der Waals surface area contributed by atoms with Crippen LogP contribution in [0.1, 0.15) is 11.1 Å². The van der Waals surface area contributed by atoms with Crippen LogP contribution in [-0.4, -0.2) is 12.0 Å². The second kappa shape index (κ2) is 5.92. The lowest BCUT2D eigenvalue weighted by Gasteiger charge is -2.11. The number of hydrogen-bond acceptors (Lipinski definition) is 3. The Hall–Kier alpha value is -2.08. The average Bonchev–Trinajstić information content (AvgIpc) is 2.41. The molecule has 0 aliphatic rings. The molecule has 0 saturated heterocycles. The standard InChI is InChI=1S/C14H13F3N2O/c1-18-8-10-9-19-7-6-13(10)20-12-4-2-11(3-5-12)14(15,16)17/h2-7,9,18H,8H2,1H3. The molecular weight excluding hydrogens is 269 g/mol. The van der Waals surface area contributed by atoms with Gasteiger partial charge in [-0.1, -0.05) is 0 Å². The monoisotopic (exact) mass is 282 g/mol. The largest absolute Gasteiger partial charge is 0.457 e. The highest BCUT2D eigenvalue weighted by Gasteiger charge is 2.30. The van der Waals surface area contributed by atoms with Gasteiger partial charge >= 0.3 is 6.18 Å². The highest BCUT2D eigenvalue weighted by molar-refractivity contribution is 5.37. The van der Waals surface area contributed by atoms with Gasteiger partial charge in [-0.25, -0.2) is 0 Å². The van der Waals surface area contributed by atoms with Crippen molar-refractivity contribution in [1.29, 1.82) is 0 Å². The predicted octanol–water partition coefficient (Wildman–Crippen LogP) is 3.61. The van der Waals surface area contributed by atoms with Crippen molar-refractivity contribution < 1.29 is 17.9 Å². The Labute approximate surface area is 114 Å². The summed E-state index contributed by atoms with van der Waals surface area (Å²) in [6.45, 7) is 0.559. The van der Waals surface area contributed by atoms with Gasteiger partial charge in [0.1, 0.15) is 11.5 Å². The molecule has 2 aromatic rings. The Bertz CT molecular complexity index is 567. The first-order valence-corrected chi connectivity index (χ1v) is 5.93. The number of ether oxygens (including phenoxy) is 1. The van der Waals surface area contributed by atoms with Crippen LogP contribution in [0, 0.1) is 0 Å². The zero-order chi connectivity index (χ0) is 14.6. The third-order valence-corrected chi connectivity index (χ3v) is 2.64. The van der Waals surface area contributed by atoms with Crippen LogP contribution < -0.4 is 10.1 Å². The fourth-order valence-electron chi connectivity index (χ4n) is 1.68. The normalized spacial score (nSPS) is 11.4. The van der Waals surface area contributed by atoms with Gasteiger partial charge in [0.25, 0.3) is 0 Å². The lowest BCUT2D eigenvalue weighted by molar-refractivity contribution is -0.137. The van der Waals surface area contributed by atoms with E-state index >= 15 is 0 Å². The van der Waals surface area contributed by atoms with Crippen molar-refractivity contribution >= 4 is 0 Å². The number of nitrogens with one attached hydrogen (secondary N) is 1. The Morgan fingerprint density at radius 2 is 1.85 bits per heavy atom. The molecule has 0 aliphatic carbocycles. The van der Waals surface area contributed by atoms with E-state index in [4.69, 9.17) is 4.74 Å². The summed E-state index contributed by atoms with van der Waals surface area (Å²) >= 11 is 0. The minimum absolute atomic E-state index is 0.349. The molecule has 0 bridgehead atoms. The minimum atomic E-state index is -4.34. The fourth-order valence-corrected chi connectivity index (χ4v) is 1.68. The van der Waals surface area contributed by atoms with E-state index < -0.39 is 11.7 Å². The summed E-state index contributed by atoms with van der Waals surface area (Å²) in [5.41, 5.74) is 0.130. The van der Waals surface area contributed by atoms with Crippen molar-refractivity contribution in [2.75, 3.05) is 7.05 Å². The summed E-state index contributed by atoms with van der Waals surface area (Å²) in [7, 11) is 1.79. The molecule has 0 radical (unpaired) electrons. The molecule has 6 heteroatoms. The second-order valence-electron chi connectivity index (χ2n) is 4.14. The van der Waals surface area contributed by atoms with Crippen molar-refractivity contribution in [3.05, 3.63) is 53.9 Å². The number of pyridine rings is 1. The van der Waals surface area contributed by atoms with Crippen molar-refractivity contribution in [2.24, 2.45) is 0 Å². The molecule has 3 nitrogen and oxygen atoms in total. The van der Waals surface area contributed by atoms with E-state index in [0.29, 0.717) is 18.0 Å². The van der Waals surface area contributed by atoms with E-state index in [1.54, 1.807) is 25.5 Å². The first-order valence-electron chi connectivity index (χ1n) is 5.93. The van der Waals surface area contributed by atoms with E-state index in [0.717, 1.165) is 17.7 Å². The van der Waals surface area contributed by atoms with E-state index in [2.05, 4.69) is 10.3 Å². The molecule has 1 heterocycles. The van der Waals surface area contributed by atoms with Gasteiger partial charge in [-0.3, -0.25) is 4.98 Å². The van der Waals surface area contributed by atoms with Crippen molar-refractivity contribution in [2.45, 2.75) is 12.7 Å². The van der Waals surface area contributed by atoms with Crippen molar-refractivity contribution in [1.82, 2.24) is 10.3 Å². The number of aromatic nitrogens is 1. The number of hydrogen-bond donors (Lipinski definition) is 1. The summed E-state index contributed by atoms with van der Waals surface area (Å²) in [4.78, 5) is 3.98. The zero-order valence-electron chi connectivity index (χ0n) is 10.7. The first-order chi connectivity index (χ1) is 9.50. The number of alkyl halides is 3. The molecule has 0 atom stereocenters. The summed E-state index contributed by atoms with van der Waals surface area (Å²) in [6.07, 6.45) is -1.12. The topological polar surface area (TPSA) is 34.2 Å². The smallest absolute Gasteiger partial charge is 0.416 e. The number of rotatable bonds is 4. The van der Waals surface area contributed by atoms with Gasteiger partial charge in [0, 0.05) is 24.5 Å². The molecule has 106 valence electrons. The van der Waals surface area contributed by atoms with Crippen LogP contribution in [0.4, 0.5) is 13.2 Å². The second-order valence-corrected chi connectivity index (χ2v) is 4.14. The van der Waals surface area contributed by atoms with Gasteiger partial charge in [0.2, 0.25) is 0 Å². The fraction of sp³-hybridized carbons (Fsp3) is 0.214. The van der Waals surface area contributed by atoms with Gasteiger partial charge in [0.05, 0.1) is 5.56 Å². The molecule has 0 aliphatic heterocycles. The Kier molecular flexibility index (Phi) is 4.24. The highest BCUT2D eigenvalue weighted by Crippen LogP contribution is 2.31. The SMILES string of the molecule is CNCc1cnccc1Oc1ccc(C(F)(F)F)cc1. The van der Waals surface area contributed by atoms with Gasteiger partial charge < -0.3 is 10.1 Å². The summed E-state index contributed by atoms with van der Waals surface area (Å²) < 4.78 is 42.9. The molecule has 2 rings (SSSR count). The third-order valence-electron chi connectivity index (χ3n) is 2.64. The molecule has 0 amide bonds. The lowest BCUT2D eigenvalue weighted by Crippen LogP contribution is -2.07. The van der Waals surface area contributed by atoms with Crippen LogP contribution in [0.5, 0.6) is 11.5 Å². The van der Waals surface area contributed by atoms with E-state index in [-0.39, 0.29) is 0 Å². The summed E-state index contributed by atoms with van der Waals surface area (Å²) in [5, 5.41) is 2.97. The molecule has 1 N–H and O–H groups in total. The Balaban J connectivity index is 2.18. The Morgan fingerprint density at radius 1 is 1.15 bits per heavy atom. The third kappa shape index (κ3) is 3.48.